The molecule has 27 heavy (non-hydrogen) atoms. The summed E-state index contributed by atoms with van der Waals surface area (Å²) in [5, 5.41) is 0. The van der Waals surface area contributed by atoms with Gasteiger partial charge in [0, 0.05) is 18.2 Å². The highest BCUT2D eigenvalue weighted by molar-refractivity contribution is 9.10. The lowest BCUT2D eigenvalue weighted by atomic mass is 10.2. The fourth-order valence-corrected chi connectivity index (χ4v) is 3.20. The number of amides is 1. The Bertz CT molecular complexity index is 854. The van der Waals surface area contributed by atoms with Crippen LogP contribution in [-0.4, -0.2) is 36.5 Å². The number of nitrogens with zero attached hydrogens (tertiary/aromatic N) is 1. The van der Waals surface area contributed by atoms with E-state index in [-0.39, 0.29) is 30.9 Å². The maximum absolute atomic E-state index is 13.9. The predicted octanol–water partition coefficient (Wildman–Crippen LogP) is 3.94. The van der Waals surface area contributed by atoms with Crippen LogP contribution in [0.15, 0.2) is 46.9 Å². The second-order valence-corrected chi connectivity index (χ2v) is 7.12. The predicted molar refractivity (Wildman–Crippen MR) is 101 cm³/mol. The topological polar surface area (TPSA) is 55.8 Å². The molecule has 2 aromatic carbocycles. The van der Waals surface area contributed by atoms with Gasteiger partial charge >= 0.3 is 5.97 Å². The quantitative estimate of drug-likeness (QED) is 0.617. The number of carbonyl (C=O) groups is 2. The molecule has 1 aliphatic carbocycles. The summed E-state index contributed by atoms with van der Waals surface area (Å²) < 4.78 is 24.7. The SMILES string of the molecule is COC(=O)c1ccc(OCC(=O)N(Cc2ccccc2F)C2CC2)c(Br)c1. The number of carbonyl (C=O) groups excluding carboxylic acids is 2. The van der Waals surface area contributed by atoms with E-state index in [9.17, 15) is 14.0 Å². The molecule has 1 amide bonds. The molecule has 0 N–H and O–H groups in total. The molecule has 0 aliphatic heterocycles. The summed E-state index contributed by atoms with van der Waals surface area (Å²) in [6.45, 7) is 0.0586. The van der Waals surface area contributed by atoms with E-state index in [1.807, 2.05) is 0 Å². The molecule has 0 aromatic heterocycles. The van der Waals surface area contributed by atoms with Gasteiger partial charge in [-0.2, -0.15) is 0 Å². The van der Waals surface area contributed by atoms with Crippen LogP contribution in [0.1, 0.15) is 28.8 Å². The van der Waals surface area contributed by atoms with Crippen LogP contribution in [0.5, 0.6) is 5.75 Å². The van der Waals surface area contributed by atoms with Crippen LogP contribution in [0.25, 0.3) is 0 Å². The highest BCUT2D eigenvalue weighted by atomic mass is 79.9. The first kappa shape index (κ1) is 19.4. The van der Waals surface area contributed by atoms with Crippen molar-refractivity contribution in [2.24, 2.45) is 0 Å². The van der Waals surface area contributed by atoms with Crippen molar-refractivity contribution in [2.45, 2.75) is 25.4 Å². The molecule has 0 heterocycles. The molecule has 0 saturated heterocycles. The molecule has 0 spiro atoms. The molecule has 1 aliphatic rings. The number of benzene rings is 2. The average molecular weight is 436 g/mol. The molecule has 2 aromatic rings. The number of hydrogen-bond donors (Lipinski definition) is 0. The molecule has 1 saturated carbocycles. The monoisotopic (exact) mass is 435 g/mol. The smallest absolute Gasteiger partial charge is 0.337 e. The summed E-state index contributed by atoms with van der Waals surface area (Å²) in [7, 11) is 1.31. The summed E-state index contributed by atoms with van der Waals surface area (Å²) in [5.41, 5.74) is 0.864. The van der Waals surface area contributed by atoms with Crippen LogP contribution in [0, 0.1) is 5.82 Å². The van der Waals surface area contributed by atoms with E-state index < -0.39 is 5.97 Å². The van der Waals surface area contributed by atoms with Crippen LogP contribution in [-0.2, 0) is 16.1 Å². The second kappa shape index (κ2) is 8.52. The van der Waals surface area contributed by atoms with E-state index in [0.717, 1.165) is 12.8 Å². The lowest BCUT2D eigenvalue weighted by molar-refractivity contribution is -0.134. The molecule has 5 nitrogen and oxygen atoms in total. The molecule has 7 heteroatoms. The van der Waals surface area contributed by atoms with E-state index in [1.165, 1.54) is 13.2 Å². The third-order valence-corrected chi connectivity index (χ3v) is 4.93. The van der Waals surface area contributed by atoms with Gasteiger partial charge in [0.1, 0.15) is 11.6 Å². The molecule has 0 atom stereocenters. The van der Waals surface area contributed by atoms with E-state index in [0.29, 0.717) is 21.3 Å². The Balaban J connectivity index is 1.65. The average Bonchev–Trinajstić information content (AvgIpc) is 3.50. The molecular weight excluding hydrogens is 417 g/mol. The van der Waals surface area contributed by atoms with Crippen molar-refractivity contribution >= 4 is 27.8 Å². The molecule has 0 bridgehead atoms. The zero-order valence-corrected chi connectivity index (χ0v) is 16.4. The largest absolute Gasteiger partial charge is 0.483 e. The summed E-state index contributed by atoms with van der Waals surface area (Å²) in [6, 6.07) is 11.3. The van der Waals surface area contributed by atoms with Crippen LogP contribution < -0.4 is 4.74 Å². The van der Waals surface area contributed by atoms with Gasteiger partial charge in [-0.1, -0.05) is 18.2 Å². The molecule has 3 rings (SSSR count). The minimum atomic E-state index is -0.455. The van der Waals surface area contributed by atoms with Gasteiger partial charge in [0.15, 0.2) is 6.61 Å². The van der Waals surface area contributed by atoms with Crippen molar-refractivity contribution in [3.05, 3.63) is 63.9 Å². The van der Waals surface area contributed by atoms with Crippen molar-refractivity contribution in [1.29, 1.82) is 0 Å². The Hall–Kier alpha value is -2.41. The zero-order valence-electron chi connectivity index (χ0n) is 14.8. The van der Waals surface area contributed by atoms with Gasteiger partial charge in [0.25, 0.3) is 5.91 Å². The molecule has 142 valence electrons. The Morgan fingerprint density at radius 2 is 1.96 bits per heavy atom. The van der Waals surface area contributed by atoms with Crippen LogP contribution in [0.3, 0.4) is 0 Å². The second-order valence-electron chi connectivity index (χ2n) is 6.27. The van der Waals surface area contributed by atoms with E-state index in [1.54, 1.807) is 41.3 Å². The maximum Gasteiger partial charge on any atom is 0.337 e. The number of methoxy groups -OCH3 is 1. The summed E-state index contributed by atoms with van der Waals surface area (Å²) in [5.74, 6) is -0.538. The Morgan fingerprint density at radius 3 is 2.59 bits per heavy atom. The third-order valence-electron chi connectivity index (χ3n) is 4.31. The van der Waals surface area contributed by atoms with Gasteiger partial charge in [-0.25, -0.2) is 9.18 Å². The number of esters is 1. The van der Waals surface area contributed by atoms with Gasteiger partial charge in [0.05, 0.1) is 17.1 Å². The lowest BCUT2D eigenvalue weighted by Gasteiger charge is -2.23. The Morgan fingerprint density at radius 1 is 1.22 bits per heavy atom. The van der Waals surface area contributed by atoms with Crippen molar-refractivity contribution in [3.63, 3.8) is 0 Å². The third kappa shape index (κ3) is 4.86. The van der Waals surface area contributed by atoms with Crippen molar-refractivity contribution in [2.75, 3.05) is 13.7 Å². The number of halogens is 2. The van der Waals surface area contributed by atoms with Crippen LogP contribution in [0.2, 0.25) is 0 Å². The first-order valence-electron chi connectivity index (χ1n) is 8.53. The normalized spacial score (nSPS) is 13.1. The standard InChI is InChI=1S/C20H19BrFNO4/c1-26-20(25)13-6-9-18(16(21)10-13)27-12-19(24)23(15-7-8-15)11-14-4-2-3-5-17(14)22/h2-6,9-10,15H,7-8,11-12H2,1H3. The van der Waals surface area contributed by atoms with Crippen LogP contribution in [0.4, 0.5) is 4.39 Å². The molecule has 1 fully saturated rings. The summed E-state index contributed by atoms with van der Waals surface area (Å²) >= 11 is 3.33. The maximum atomic E-state index is 13.9. The van der Waals surface area contributed by atoms with Gasteiger partial charge in [-0.15, -0.1) is 0 Å². The minimum absolute atomic E-state index is 0.130. The number of ether oxygens (including phenoxy) is 2. The van der Waals surface area contributed by atoms with E-state index in [4.69, 9.17) is 4.74 Å². The zero-order chi connectivity index (χ0) is 19.4. The Labute approximate surface area is 165 Å². The lowest BCUT2D eigenvalue weighted by Crippen LogP contribution is -2.36. The minimum Gasteiger partial charge on any atom is -0.483 e. The van der Waals surface area contributed by atoms with E-state index in [2.05, 4.69) is 20.7 Å². The van der Waals surface area contributed by atoms with Crippen LogP contribution >= 0.6 is 15.9 Å². The highest BCUT2D eigenvalue weighted by Crippen LogP contribution is 2.30. The fourth-order valence-electron chi connectivity index (χ4n) is 2.70. The Kier molecular flexibility index (Phi) is 6.11. The molecular formula is C20H19BrFNO4. The molecule has 0 unspecified atom stereocenters. The fraction of sp³-hybridized carbons (Fsp3) is 0.300. The van der Waals surface area contributed by atoms with Crippen molar-refractivity contribution in [1.82, 2.24) is 4.90 Å². The van der Waals surface area contributed by atoms with Gasteiger partial charge < -0.3 is 14.4 Å². The number of rotatable bonds is 7. The summed E-state index contributed by atoms with van der Waals surface area (Å²) in [4.78, 5) is 25.8. The molecule has 0 radical (unpaired) electrons. The highest BCUT2D eigenvalue weighted by Gasteiger charge is 2.33. The van der Waals surface area contributed by atoms with Gasteiger partial charge in [-0.05, 0) is 53.0 Å². The van der Waals surface area contributed by atoms with Crippen molar-refractivity contribution in [3.8, 4) is 5.75 Å². The first-order valence-corrected chi connectivity index (χ1v) is 9.32. The first-order chi connectivity index (χ1) is 13.0. The van der Waals surface area contributed by atoms with Gasteiger partial charge in [-0.3, -0.25) is 4.79 Å². The van der Waals surface area contributed by atoms with Gasteiger partial charge in [0.2, 0.25) is 0 Å². The summed E-state index contributed by atoms with van der Waals surface area (Å²) in [6.07, 6.45) is 1.83. The van der Waals surface area contributed by atoms with Crippen molar-refractivity contribution < 1.29 is 23.5 Å². The van der Waals surface area contributed by atoms with E-state index >= 15 is 0 Å². The number of hydrogen-bond acceptors (Lipinski definition) is 4.